The van der Waals surface area contributed by atoms with Gasteiger partial charge in [0.1, 0.15) is 6.61 Å². The molecule has 8 heteroatoms. The number of rotatable bonds is 41. The average molecular weight is 851 g/mol. The summed E-state index contributed by atoms with van der Waals surface area (Å²) in [7, 11) is 5.49. The van der Waals surface area contributed by atoms with Gasteiger partial charge in [0.2, 0.25) is 0 Å². The number of aliphatic carboxylic acids is 1. The second kappa shape index (κ2) is 42.9. The Morgan fingerprint density at radius 1 is 0.492 bits per heavy atom. The lowest BCUT2D eigenvalue weighted by atomic mass is 10.0. The molecule has 61 heavy (non-hydrogen) atoms. The fourth-order valence-corrected chi connectivity index (χ4v) is 6.39. The molecule has 8 nitrogen and oxygen atoms in total. The smallest absolute Gasteiger partial charge is 0.362 e. The molecule has 0 bridgehead atoms. The van der Waals surface area contributed by atoms with E-state index >= 15 is 0 Å². The van der Waals surface area contributed by atoms with Crippen molar-refractivity contribution in [3.05, 3.63) is 97.2 Å². The molecule has 0 aliphatic rings. The number of esters is 2. The van der Waals surface area contributed by atoms with Crippen LogP contribution in [0, 0.1) is 0 Å². The number of allylic oxidation sites excluding steroid dienone is 16. The largest absolute Gasteiger partial charge is 0.477 e. The Kier molecular flexibility index (Phi) is 40.3. The molecule has 0 amide bonds. The Hall–Kier alpha value is -3.75. The number of ether oxygens (including phenoxy) is 3. The monoisotopic (exact) mass is 851 g/mol. The number of quaternary nitrogens is 1. The quantitative estimate of drug-likeness (QED) is 0.0283. The first-order valence-electron chi connectivity index (χ1n) is 23.8. The highest BCUT2D eigenvalue weighted by molar-refractivity contribution is 5.72. The lowest BCUT2D eigenvalue weighted by molar-refractivity contribution is -0.887. The van der Waals surface area contributed by atoms with Crippen molar-refractivity contribution in [2.75, 3.05) is 41.0 Å². The van der Waals surface area contributed by atoms with Crippen LogP contribution in [0.15, 0.2) is 97.2 Å². The summed E-state index contributed by atoms with van der Waals surface area (Å²) in [5, 5.41) is 9.63. The third kappa shape index (κ3) is 41.4. The molecule has 0 aliphatic heterocycles. The molecule has 0 aromatic carbocycles. The SMILES string of the molecule is CC/C=C/C/C=C/C/C=C/C/C=C/C/C=C/CCC(=O)OC(COCCC(C(=O)O)[N+](C)(C)C)COC(=O)CCCCCCCCCCCCC/C=C/C/C=C/C/C=C/CC. The third-order valence-corrected chi connectivity index (χ3v) is 9.99. The van der Waals surface area contributed by atoms with Crippen molar-refractivity contribution in [2.24, 2.45) is 0 Å². The Balaban J connectivity index is 4.37. The summed E-state index contributed by atoms with van der Waals surface area (Å²) in [4.78, 5) is 37.0. The summed E-state index contributed by atoms with van der Waals surface area (Å²) < 4.78 is 17.2. The number of carboxylic acid groups (broad SMARTS) is 1. The molecule has 0 spiro atoms. The van der Waals surface area contributed by atoms with Crippen LogP contribution >= 0.6 is 0 Å². The van der Waals surface area contributed by atoms with Crippen LogP contribution in [0.3, 0.4) is 0 Å². The average Bonchev–Trinajstić information content (AvgIpc) is 3.22. The fourth-order valence-electron chi connectivity index (χ4n) is 6.39. The van der Waals surface area contributed by atoms with Gasteiger partial charge in [0.05, 0.1) is 34.4 Å². The summed E-state index contributed by atoms with van der Waals surface area (Å²) in [6, 6.07) is -0.633. The number of hydrogen-bond donors (Lipinski definition) is 1. The van der Waals surface area contributed by atoms with E-state index in [1.54, 1.807) is 0 Å². The van der Waals surface area contributed by atoms with Gasteiger partial charge in [0.25, 0.3) is 0 Å². The van der Waals surface area contributed by atoms with Crippen molar-refractivity contribution in [3.8, 4) is 0 Å². The highest BCUT2D eigenvalue weighted by Crippen LogP contribution is 2.14. The van der Waals surface area contributed by atoms with E-state index in [-0.39, 0.29) is 36.7 Å². The topological polar surface area (TPSA) is 99.1 Å². The Morgan fingerprint density at radius 3 is 1.34 bits per heavy atom. The first-order valence-corrected chi connectivity index (χ1v) is 23.8. The molecule has 2 atom stereocenters. The minimum atomic E-state index is -0.890. The zero-order valence-electron chi connectivity index (χ0n) is 39.3. The number of unbranched alkanes of at least 4 members (excludes halogenated alkanes) is 11. The van der Waals surface area contributed by atoms with E-state index in [0.717, 1.165) is 70.6 Å². The highest BCUT2D eigenvalue weighted by atomic mass is 16.6. The van der Waals surface area contributed by atoms with Crippen LogP contribution in [0.1, 0.15) is 168 Å². The van der Waals surface area contributed by atoms with Gasteiger partial charge < -0.3 is 23.8 Å². The second-order valence-electron chi connectivity index (χ2n) is 16.6. The maximum atomic E-state index is 12.7. The molecule has 0 heterocycles. The molecular formula is C53H88NO7+. The number of likely N-dealkylation sites (N-methyl/N-ethyl adjacent to an activating group) is 1. The van der Waals surface area contributed by atoms with E-state index in [1.807, 2.05) is 33.3 Å². The molecule has 0 radical (unpaired) electrons. The van der Waals surface area contributed by atoms with Gasteiger partial charge in [0.15, 0.2) is 12.1 Å². The fraction of sp³-hybridized carbons (Fsp3) is 0.642. The molecule has 0 aromatic heterocycles. The molecule has 0 saturated carbocycles. The molecule has 0 saturated heterocycles. The van der Waals surface area contributed by atoms with Crippen LogP contribution in [-0.4, -0.2) is 80.6 Å². The lowest BCUT2D eigenvalue weighted by Gasteiger charge is -2.31. The van der Waals surface area contributed by atoms with E-state index in [2.05, 4.69) is 98.9 Å². The van der Waals surface area contributed by atoms with Crippen LogP contribution in [0.25, 0.3) is 0 Å². The number of nitrogens with zero attached hydrogens (tertiary/aromatic N) is 1. The molecule has 346 valence electrons. The van der Waals surface area contributed by atoms with Gasteiger partial charge in [0, 0.05) is 19.3 Å². The van der Waals surface area contributed by atoms with Crippen LogP contribution in [0.5, 0.6) is 0 Å². The van der Waals surface area contributed by atoms with Crippen LogP contribution < -0.4 is 0 Å². The lowest BCUT2D eigenvalue weighted by Crippen LogP contribution is -2.50. The minimum absolute atomic E-state index is 0.0251. The molecule has 1 N–H and O–H groups in total. The van der Waals surface area contributed by atoms with E-state index in [0.29, 0.717) is 19.3 Å². The van der Waals surface area contributed by atoms with Gasteiger partial charge in [-0.15, -0.1) is 0 Å². The summed E-state index contributed by atoms with van der Waals surface area (Å²) in [6.45, 7) is 4.42. The Bertz CT molecular complexity index is 1310. The number of carboxylic acids is 1. The summed E-state index contributed by atoms with van der Waals surface area (Å²) in [5.74, 6) is -1.59. The van der Waals surface area contributed by atoms with Gasteiger partial charge in [-0.05, 0) is 77.0 Å². The maximum absolute atomic E-state index is 12.7. The van der Waals surface area contributed by atoms with Gasteiger partial charge in [-0.3, -0.25) is 9.59 Å². The Labute approximate surface area is 373 Å². The van der Waals surface area contributed by atoms with Crippen LogP contribution in [0.4, 0.5) is 0 Å². The number of carbonyl (C=O) groups excluding carboxylic acids is 2. The van der Waals surface area contributed by atoms with Crippen LogP contribution in [-0.2, 0) is 28.6 Å². The standard InChI is InChI=1S/C53H87NO7/c1-6-8-10-12-14-16-18-20-22-24-25-26-27-28-30-31-33-35-37-39-41-43-51(55)60-48-49(47-59-46-45-50(53(57)58)54(3,4)5)61-52(56)44-42-40-38-36-34-32-29-23-21-19-17-15-13-11-9-7-2/h8-11,14-17,20-23,32,34,38,40,49-50H,6-7,12-13,18-19,24-31,33,35-37,39,41-48H2,1-5H3/p+1/b10-8+,11-9+,16-14+,17-15+,22-20+,23-21+,34-32+,40-38+. The highest BCUT2D eigenvalue weighted by Gasteiger charge is 2.31. The predicted octanol–water partition coefficient (Wildman–Crippen LogP) is 13.5. The molecule has 0 aromatic rings. The van der Waals surface area contributed by atoms with E-state index < -0.39 is 24.1 Å². The summed E-state index contributed by atoms with van der Waals surface area (Å²) in [6.07, 6.45) is 57.6. The first kappa shape index (κ1) is 57.2. The van der Waals surface area contributed by atoms with E-state index in [9.17, 15) is 19.5 Å². The summed E-state index contributed by atoms with van der Waals surface area (Å²) in [5.41, 5.74) is 0. The van der Waals surface area contributed by atoms with Gasteiger partial charge in [-0.2, -0.15) is 0 Å². The zero-order chi connectivity index (χ0) is 44.9. The van der Waals surface area contributed by atoms with Gasteiger partial charge >= 0.3 is 17.9 Å². The molecular weight excluding hydrogens is 763 g/mol. The van der Waals surface area contributed by atoms with E-state index in [4.69, 9.17) is 14.2 Å². The minimum Gasteiger partial charge on any atom is -0.477 e. The normalized spacial score (nSPS) is 13.8. The van der Waals surface area contributed by atoms with Crippen molar-refractivity contribution >= 4 is 17.9 Å². The molecule has 2 unspecified atom stereocenters. The third-order valence-electron chi connectivity index (χ3n) is 9.99. The van der Waals surface area contributed by atoms with Crippen molar-refractivity contribution < 1.29 is 38.2 Å². The number of hydrogen-bond acceptors (Lipinski definition) is 6. The van der Waals surface area contributed by atoms with Gasteiger partial charge in [-0.25, -0.2) is 4.79 Å². The van der Waals surface area contributed by atoms with Gasteiger partial charge in [-0.1, -0.05) is 169 Å². The Morgan fingerprint density at radius 2 is 0.902 bits per heavy atom. The summed E-state index contributed by atoms with van der Waals surface area (Å²) >= 11 is 0. The second-order valence-corrected chi connectivity index (χ2v) is 16.6. The molecule has 0 rings (SSSR count). The van der Waals surface area contributed by atoms with E-state index in [1.165, 1.54) is 57.8 Å². The maximum Gasteiger partial charge on any atom is 0.362 e. The van der Waals surface area contributed by atoms with Crippen molar-refractivity contribution in [1.82, 2.24) is 0 Å². The predicted molar refractivity (Wildman–Crippen MR) is 256 cm³/mol. The first-order chi connectivity index (χ1) is 29.6. The van der Waals surface area contributed by atoms with Crippen LogP contribution in [0.2, 0.25) is 0 Å². The van der Waals surface area contributed by atoms with Crippen molar-refractivity contribution in [3.63, 3.8) is 0 Å². The molecule has 0 aliphatic carbocycles. The van der Waals surface area contributed by atoms with Crippen molar-refractivity contribution in [1.29, 1.82) is 0 Å². The number of carbonyl (C=O) groups is 3. The van der Waals surface area contributed by atoms with Crippen molar-refractivity contribution in [2.45, 2.75) is 180 Å². The molecule has 0 fully saturated rings. The zero-order valence-corrected chi connectivity index (χ0v) is 39.3.